The minimum absolute atomic E-state index is 0.361. The van der Waals surface area contributed by atoms with Crippen LogP contribution in [0.2, 0.25) is 5.02 Å². The van der Waals surface area contributed by atoms with Crippen LogP contribution in [-0.4, -0.2) is 24.2 Å². The number of esters is 1. The van der Waals surface area contributed by atoms with Crippen LogP contribution >= 0.6 is 27.5 Å². The van der Waals surface area contributed by atoms with Gasteiger partial charge >= 0.3 is 5.97 Å². The van der Waals surface area contributed by atoms with Crippen LogP contribution in [-0.2, 0) is 4.79 Å². The molecule has 0 aliphatic heterocycles. The quantitative estimate of drug-likeness (QED) is 0.208. The Hall–Kier alpha value is -3.16. The number of hydrazone groups is 1. The number of rotatable bonds is 7. The van der Waals surface area contributed by atoms with E-state index in [0.717, 1.165) is 4.47 Å². The van der Waals surface area contributed by atoms with Gasteiger partial charge in [-0.25, -0.2) is 10.2 Å². The topological polar surface area (TPSA) is 77.0 Å². The number of hydrogen-bond acceptors (Lipinski definition) is 5. The maximum atomic E-state index is 12.2. The summed E-state index contributed by atoms with van der Waals surface area (Å²) < 4.78 is 11.7. The third-order valence-electron chi connectivity index (χ3n) is 4.05. The van der Waals surface area contributed by atoms with Gasteiger partial charge in [0.25, 0.3) is 5.91 Å². The average Bonchev–Trinajstić information content (AvgIpc) is 2.76. The van der Waals surface area contributed by atoms with E-state index in [1.54, 1.807) is 55.5 Å². The van der Waals surface area contributed by atoms with Gasteiger partial charge in [-0.05, 0) is 83.0 Å². The fourth-order valence-corrected chi connectivity index (χ4v) is 3.02. The lowest BCUT2D eigenvalue weighted by molar-refractivity contribution is -0.127. The molecule has 0 saturated heterocycles. The normalized spacial score (nSPS) is 11.7. The molecular formula is C23H18BrClN2O4. The summed E-state index contributed by atoms with van der Waals surface area (Å²) in [4.78, 5) is 24.3. The number of amides is 1. The summed E-state index contributed by atoms with van der Waals surface area (Å²) in [5, 5.41) is 4.39. The molecule has 1 unspecified atom stereocenters. The van der Waals surface area contributed by atoms with Crippen molar-refractivity contribution in [2.75, 3.05) is 0 Å². The lowest BCUT2D eigenvalue weighted by Crippen LogP contribution is -2.33. The standard InChI is InChI=1S/C23H18BrClN2O4/c1-15(30-21-8-3-2-7-20(21)24)22(28)27-26-14-16-9-11-19(12-10-16)31-23(29)17-5-4-6-18(25)13-17/h2-15H,1H3,(H,27,28)/b26-14+. The highest BCUT2D eigenvalue weighted by Gasteiger charge is 2.15. The van der Waals surface area contributed by atoms with Gasteiger partial charge in [-0.15, -0.1) is 0 Å². The maximum absolute atomic E-state index is 12.2. The minimum Gasteiger partial charge on any atom is -0.480 e. The Labute approximate surface area is 193 Å². The van der Waals surface area contributed by atoms with E-state index < -0.39 is 12.1 Å². The molecule has 1 N–H and O–H groups in total. The zero-order valence-electron chi connectivity index (χ0n) is 16.4. The SMILES string of the molecule is CC(Oc1ccccc1Br)C(=O)N/N=C/c1ccc(OC(=O)c2cccc(Cl)c2)cc1. The van der Waals surface area contributed by atoms with Crippen LogP contribution in [0.25, 0.3) is 0 Å². The van der Waals surface area contributed by atoms with Crippen molar-refractivity contribution in [3.63, 3.8) is 0 Å². The average molecular weight is 502 g/mol. The summed E-state index contributed by atoms with van der Waals surface area (Å²) in [6.07, 6.45) is 0.746. The summed E-state index contributed by atoms with van der Waals surface area (Å²) in [7, 11) is 0. The van der Waals surface area contributed by atoms with Crippen molar-refractivity contribution in [1.82, 2.24) is 5.43 Å². The molecule has 0 radical (unpaired) electrons. The zero-order chi connectivity index (χ0) is 22.2. The molecular weight excluding hydrogens is 484 g/mol. The summed E-state index contributed by atoms with van der Waals surface area (Å²) >= 11 is 9.26. The van der Waals surface area contributed by atoms with E-state index >= 15 is 0 Å². The highest BCUT2D eigenvalue weighted by molar-refractivity contribution is 9.10. The first-order valence-electron chi connectivity index (χ1n) is 9.24. The monoisotopic (exact) mass is 500 g/mol. The number of carbonyl (C=O) groups is 2. The Balaban J connectivity index is 1.51. The van der Waals surface area contributed by atoms with Gasteiger partial charge in [0.15, 0.2) is 6.10 Å². The number of nitrogens with one attached hydrogen (secondary N) is 1. The van der Waals surface area contributed by atoms with Crippen LogP contribution < -0.4 is 14.9 Å². The van der Waals surface area contributed by atoms with Crippen molar-refractivity contribution in [2.45, 2.75) is 13.0 Å². The van der Waals surface area contributed by atoms with E-state index in [1.807, 2.05) is 18.2 Å². The molecule has 0 aliphatic rings. The molecule has 31 heavy (non-hydrogen) atoms. The Kier molecular flexibility index (Phi) is 7.81. The number of nitrogens with zero attached hydrogens (tertiary/aromatic N) is 1. The largest absolute Gasteiger partial charge is 0.480 e. The van der Waals surface area contributed by atoms with Gasteiger partial charge in [0.05, 0.1) is 16.3 Å². The van der Waals surface area contributed by atoms with Crippen LogP contribution in [0, 0.1) is 0 Å². The first-order chi connectivity index (χ1) is 14.9. The summed E-state index contributed by atoms with van der Waals surface area (Å²) in [6, 6.07) is 20.5. The number of ether oxygens (including phenoxy) is 2. The van der Waals surface area contributed by atoms with Crippen molar-refractivity contribution in [2.24, 2.45) is 5.10 Å². The van der Waals surface area contributed by atoms with Crippen LogP contribution in [0.1, 0.15) is 22.8 Å². The van der Waals surface area contributed by atoms with Gasteiger partial charge in [-0.1, -0.05) is 29.8 Å². The fourth-order valence-electron chi connectivity index (χ4n) is 2.45. The smallest absolute Gasteiger partial charge is 0.343 e. The van der Waals surface area contributed by atoms with E-state index in [1.165, 1.54) is 12.3 Å². The fraction of sp³-hybridized carbons (Fsp3) is 0.0870. The molecule has 3 rings (SSSR count). The Morgan fingerprint density at radius 3 is 2.52 bits per heavy atom. The molecule has 1 atom stereocenters. The molecule has 0 heterocycles. The molecule has 3 aromatic rings. The highest BCUT2D eigenvalue weighted by atomic mass is 79.9. The molecule has 8 heteroatoms. The summed E-state index contributed by atoms with van der Waals surface area (Å²) in [5.41, 5.74) is 3.51. The van der Waals surface area contributed by atoms with E-state index in [-0.39, 0.29) is 5.91 Å². The maximum Gasteiger partial charge on any atom is 0.343 e. The van der Waals surface area contributed by atoms with Crippen LogP contribution in [0.5, 0.6) is 11.5 Å². The van der Waals surface area contributed by atoms with E-state index in [9.17, 15) is 9.59 Å². The van der Waals surface area contributed by atoms with E-state index in [0.29, 0.717) is 27.6 Å². The molecule has 6 nitrogen and oxygen atoms in total. The van der Waals surface area contributed by atoms with Gasteiger partial charge in [0.2, 0.25) is 0 Å². The number of benzene rings is 3. The van der Waals surface area contributed by atoms with Crippen LogP contribution in [0.4, 0.5) is 0 Å². The van der Waals surface area contributed by atoms with Crippen LogP contribution in [0.3, 0.4) is 0 Å². The first-order valence-corrected chi connectivity index (χ1v) is 10.4. The molecule has 0 aliphatic carbocycles. The van der Waals surface area contributed by atoms with Crippen molar-refractivity contribution in [3.8, 4) is 11.5 Å². The number of hydrogen-bond donors (Lipinski definition) is 1. The molecule has 158 valence electrons. The number of carbonyl (C=O) groups excluding carboxylic acids is 2. The number of para-hydroxylation sites is 1. The van der Waals surface area contributed by atoms with Crippen LogP contribution in [0.15, 0.2) is 82.4 Å². The first kappa shape index (κ1) is 22.5. The van der Waals surface area contributed by atoms with Gasteiger partial charge in [-0.3, -0.25) is 4.79 Å². The van der Waals surface area contributed by atoms with Crippen molar-refractivity contribution < 1.29 is 19.1 Å². The Morgan fingerprint density at radius 1 is 1.06 bits per heavy atom. The molecule has 0 bridgehead atoms. The molecule has 1 amide bonds. The Morgan fingerprint density at radius 2 is 1.81 bits per heavy atom. The lowest BCUT2D eigenvalue weighted by atomic mass is 10.2. The second-order valence-electron chi connectivity index (χ2n) is 6.39. The predicted molar refractivity (Wildman–Crippen MR) is 123 cm³/mol. The molecule has 0 aromatic heterocycles. The van der Waals surface area contributed by atoms with Crippen molar-refractivity contribution in [3.05, 3.63) is 93.4 Å². The van der Waals surface area contributed by atoms with Crippen molar-refractivity contribution >= 4 is 45.6 Å². The summed E-state index contributed by atoms with van der Waals surface area (Å²) in [5.74, 6) is 0.0490. The minimum atomic E-state index is -0.732. The number of halogens is 2. The highest BCUT2D eigenvalue weighted by Crippen LogP contribution is 2.24. The van der Waals surface area contributed by atoms with Gasteiger partial charge in [0.1, 0.15) is 11.5 Å². The van der Waals surface area contributed by atoms with E-state index in [2.05, 4.69) is 26.5 Å². The molecule has 0 fully saturated rings. The van der Waals surface area contributed by atoms with Gasteiger partial charge in [-0.2, -0.15) is 5.10 Å². The molecule has 0 saturated carbocycles. The van der Waals surface area contributed by atoms with Crippen molar-refractivity contribution in [1.29, 1.82) is 0 Å². The third-order valence-corrected chi connectivity index (χ3v) is 4.94. The molecule has 0 spiro atoms. The van der Waals surface area contributed by atoms with Gasteiger partial charge < -0.3 is 9.47 Å². The Bertz CT molecular complexity index is 1100. The zero-order valence-corrected chi connectivity index (χ0v) is 18.8. The third kappa shape index (κ3) is 6.67. The second kappa shape index (κ2) is 10.7. The summed E-state index contributed by atoms with van der Waals surface area (Å²) in [6.45, 7) is 1.63. The predicted octanol–water partition coefficient (Wildman–Crippen LogP) is 5.24. The van der Waals surface area contributed by atoms with Gasteiger partial charge in [0, 0.05) is 5.02 Å². The lowest BCUT2D eigenvalue weighted by Gasteiger charge is -2.13. The second-order valence-corrected chi connectivity index (χ2v) is 7.68. The van der Waals surface area contributed by atoms with E-state index in [4.69, 9.17) is 21.1 Å². The molecule has 3 aromatic carbocycles.